The second-order valence-corrected chi connectivity index (χ2v) is 8.20. The number of rotatable bonds is 4. The summed E-state index contributed by atoms with van der Waals surface area (Å²) in [5.41, 5.74) is 2.63. The number of nitrogens with zero attached hydrogens (tertiary/aromatic N) is 2. The molecule has 0 atom stereocenters. The summed E-state index contributed by atoms with van der Waals surface area (Å²) in [6.07, 6.45) is 3.81. The number of halogens is 1. The topological polar surface area (TPSA) is 53.4 Å². The van der Waals surface area contributed by atoms with E-state index in [1.165, 1.54) is 0 Å². The Balaban J connectivity index is 1.61. The van der Waals surface area contributed by atoms with Crippen molar-refractivity contribution in [3.63, 3.8) is 0 Å². The normalized spacial score (nSPS) is 12.7. The summed E-state index contributed by atoms with van der Waals surface area (Å²) >= 11 is 2.22. The molecular formula is C24H17IN2O3. The van der Waals surface area contributed by atoms with Crippen LogP contribution in [0.25, 0.3) is 23.1 Å². The first kappa shape index (κ1) is 18.9. The number of hydrogen-bond acceptors (Lipinski definition) is 4. The van der Waals surface area contributed by atoms with Crippen LogP contribution in [-0.4, -0.2) is 16.3 Å². The van der Waals surface area contributed by atoms with Crippen molar-refractivity contribution in [1.82, 2.24) is 9.55 Å². The second-order valence-electron chi connectivity index (χ2n) is 6.95. The Morgan fingerprint density at radius 3 is 2.67 bits per heavy atom. The molecule has 0 spiro atoms. The van der Waals surface area contributed by atoms with E-state index in [0.717, 1.165) is 26.2 Å². The maximum Gasteiger partial charge on any atom is 0.261 e. The molecule has 3 aromatic carbocycles. The minimum absolute atomic E-state index is 0.0484. The number of aromatic nitrogens is 2. The van der Waals surface area contributed by atoms with Crippen LogP contribution in [-0.2, 0) is 6.54 Å². The zero-order valence-corrected chi connectivity index (χ0v) is 18.1. The van der Waals surface area contributed by atoms with Crippen LogP contribution in [0.15, 0.2) is 71.5 Å². The maximum absolute atomic E-state index is 13.3. The van der Waals surface area contributed by atoms with Gasteiger partial charge in [-0.2, -0.15) is 0 Å². The zero-order chi connectivity index (χ0) is 20.5. The fraction of sp³-hybridized carbons (Fsp3) is 0.0833. The van der Waals surface area contributed by atoms with Crippen LogP contribution in [0.4, 0.5) is 0 Å². The van der Waals surface area contributed by atoms with Crippen LogP contribution in [0.5, 0.6) is 11.5 Å². The molecule has 5 nitrogen and oxygen atoms in total. The third-order valence-electron chi connectivity index (χ3n) is 4.95. The van der Waals surface area contributed by atoms with E-state index >= 15 is 0 Å². The minimum atomic E-state index is -0.0484. The van der Waals surface area contributed by atoms with E-state index in [1.807, 2.05) is 78.9 Å². The van der Waals surface area contributed by atoms with Gasteiger partial charge in [-0.3, -0.25) is 9.36 Å². The number of ether oxygens (including phenoxy) is 2. The maximum atomic E-state index is 13.3. The summed E-state index contributed by atoms with van der Waals surface area (Å²) in [5.74, 6) is 2.07. The summed E-state index contributed by atoms with van der Waals surface area (Å²) in [6, 6.07) is 21.4. The first-order valence-corrected chi connectivity index (χ1v) is 10.6. The first-order valence-electron chi connectivity index (χ1n) is 9.49. The molecule has 1 aliphatic rings. The average molecular weight is 508 g/mol. The fourth-order valence-electron chi connectivity index (χ4n) is 3.44. The van der Waals surface area contributed by atoms with Gasteiger partial charge >= 0.3 is 0 Å². The Morgan fingerprint density at radius 2 is 1.80 bits per heavy atom. The molecule has 0 bridgehead atoms. The molecule has 0 saturated carbocycles. The predicted octanol–water partition coefficient (Wildman–Crippen LogP) is 4.95. The fourth-order valence-corrected chi connectivity index (χ4v) is 3.94. The summed E-state index contributed by atoms with van der Waals surface area (Å²) in [5, 5.41) is 0.623. The smallest absolute Gasteiger partial charge is 0.261 e. The largest absolute Gasteiger partial charge is 0.454 e. The lowest BCUT2D eigenvalue weighted by atomic mass is 10.1. The first-order chi connectivity index (χ1) is 14.7. The Bertz CT molecular complexity index is 1330. The van der Waals surface area contributed by atoms with Gasteiger partial charge in [0.05, 0.1) is 17.4 Å². The van der Waals surface area contributed by atoms with Crippen LogP contribution < -0.4 is 15.0 Å². The van der Waals surface area contributed by atoms with Gasteiger partial charge < -0.3 is 9.47 Å². The van der Waals surface area contributed by atoms with Gasteiger partial charge in [0.15, 0.2) is 11.5 Å². The van der Waals surface area contributed by atoms with Gasteiger partial charge in [-0.15, -0.1) is 0 Å². The molecule has 5 rings (SSSR count). The van der Waals surface area contributed by atoms with Crippen molar-refractivity contribution in [1.29, 1.82) is 0 Å². The third kappa shape index (κ3) is 3.70. The lowest BCUT2D eigenvalue weighted by Gasteiger charge is -2.12. The summed E-state index contributed by atoms with van der Waals surface area (Å²) in [7, 11) is 0. The highest BCUT2D eigenvalue weighted by atomic mass is 127. The van der Waals surface area contributed by atoms with Gasteiger partial charge in [-0.05, 0) is 70.1 Å². The van der Waals surface area contributed by atoms with Crippen molar-refractivity contribution >= 4 is 45.6 Å². The Labute approximate surface area is 186 Å². The van der Waals surface area contributed by atoms with E-state index in [9.17, 15) is 4.79 Å². The van der Waals surface area contributed by atoms with Gasteiger partial charge in [0, 0.05) is 3.57 Å². The summed E-state index contributed by atoms with van der Waals surface area (Å²) in [4.78, 5) is 18.1. The Kier molecular flexibility index (Phi) is 5.00. The van der Waals surface area contributed by atoms with Crippen LogP contribution >= 0.6 is 22.6 Å². The van der Waals surface area contributed by atoms with Crippen molar-refractivity contribution in [2.75, 3.05) is 6.79 Å². The molecule has 0 fully saturated rings. The zero-order valence-electron chi connectivity index (χ0n) is 15.9. The molecule has 4 aromatic rings. The van der Waals surface area contributed by atoms with Gasteiger partial charge in [0.25, 0.3) is 5.56 Å². The molecule has 0 N–H and O–H groups in total. The van der Waals surface area contributed by atoms with E-state index in [0.29, 0.717) is 23.3 Å². The molecule has 0 amide bonds. The lowest BCUT2D eigenvalue weighted by Crippen LogP contribution is -2.24. The minimum Gasteiger partial charge on any atom is -0.454 e. The molecule has 0 radical (unpaired) electrons. The van der Waals surface area contributed by atoms with Gasteiger partial charge in [-0.25, -0.2) is 4.98 Å². The highest BCUT2D eigenvalue weighted by Crippen LogP contribution is 2.33. The molecular weight excluding hydrogens is 491 g/mol. The van der Waals surface area contributed by atoms with E-state index < -0.39 is 0 Å². The Morgan fingerprint density at radius 1 is 0.967 bits per heavy atom. The number of hydrogen-bond donors (Lipinski definition) is 0. The monoisotopic (exact) mass is 508 g/mol. The molecule has 0 unspecified atom stereocenters. The molecule has 1 aromatic heterocycles. The van der Waals surface area contributed by atoms with Crippen LogP contribution in [0.3, 0.4) is 0 Å². The standard InChI is InChI=1S/C24H17IN2O3/c25-18-8-9-20-19(13-18)24(28)27(14-17-4-2-1-3-5-17)23(26-20)11-7-16-6-10-21-22(12-16)30-15-29-21/h1-13H,14-15H2/b11-7+. The lowest BCUT2D eigenvalue weighted by molar-refractivity contribution is 0.174. The molecule has 0 aliphatic carbocycles. The quantitative estimate of drug-likeness (QED) is 0.367. The van der Waals surface area contributed by atoms with Crippen molar-refractivity contribution in [3.05, 3.63) is 97.6 Å². The SMILES string of the molecule is O=c1c2cc(I)ccc2nc(/C=C/c2ccc3c(c2)OCO3)n1Cc1ccccc1. The van der Waals surface area contributed by atoms with Crippen molar-refractivity contribution in [3.8, 4) is 11.5 Å². The van der Waals surface area contributed by atoms with E-state index in [2.05, 4.69) is 22.6 Å². The second kappa shape index (κ2) is 7.95. The predicted molar refractivity (Wildman–Crippen MR) is 126 cm³/mol. The number of benzene rings is 3. The van der Waals surface area contributed by atoms with Crippen LogP contribution in [0, 0.1) is 3.57 Å². The summed E-state index contributed by atoms with van der Waals surface area (Å²) < 4.78 is 13.6. The average Bonchev–Trinajstić information content (AvgIpc) is 3.24. The summed E-state index contributed by atoms with van der Waals surface area (Å²) in [6.45, 7) is 0.693. The van der Waals surface area contributed by atoms with Gasteiger partial charge in [-0.1, -0.05) is 42.5 Å². The van der Waals surface area contributed by atoms with E-state index in [1.54, 1.807) is 4.57 Å². The van der Waals surface area contributed by atoms with E-state index in [-0.39, 0.29) is 12.4 Å². The van der Waals surface area contributed by atoms with Crippen LogP contribution in [0.1, 0.15) is 17.0 Å². The van der Waals surface area contributed by atoms with E-state index in [4.69, 9.17) is 14.5 Å². The molecule has 2 heterocycles. The molecule has 30 heavy (non-hydrogen) atoms. The number of fused-ring (bicyclic) bond motifs is 2. The van der Waals surface area contributed by atoms with Crippen LogP contribution in [0.2, 0.25) is 0 Å². The van der Waals surface area contributed by atoms with Crippen molar-refractivity contribution in [2.24, 2.45) is 0 Å². The van der Waals surface area contributed by atoms with Gasteiger partial charge in [0.1, 0.15) is 5.82 Å². The molecule has 148 valence electrons. The third-order valence-corrected chi connectivity index (χ3v) is 5.62. The molecule has 0 saturated heterocycles. The molecule has 1 aliphatic heterocycles. The Hall–Kier alpha value is -3.13. The van der Waals surface area contributed by atoms with Gasteiger partial charge in [0.2, 0.25) is 6.79 Å². The van der Waals surface area contributed by atoms with Crippen molar-refractivity contribution in [2.45, 2.75) is 6.54 Å². The van der Waals surface area contributed by atoms with Crippen molar-refractivity contribution < 1.29 is 9.47 Å². The highest BCUT2D eigenvalue weighted by molar-refractivity contribution is 14.1. The highest BCUT2D eigenvalue weighted by Gasteiger charge is 2.13. The molecule has 6 heteroatoms.